The second-order valence-electron chi connectivity index (χ2n) is 4.12. The van der Waals surface area contributed by atoms with Crippen molar-refractivity contribution in [1.82, 2.24) is 5.32 Å². The van der Waals surface area contributed by atoms with Crippen LogP contribution >= 0.6 is 15.9 Å². The Labute approximate surface area is 118 Å². The summed E-state index contributed by atoms with van der Waals surface area (Å²) in [5, 5.41) is 3.33. The summed E-state index contributed by atoms with van der Waals surface area (Å²) >= 11 is 3.55. The second kappa shape index (κ2) is 9.36. The molecule has 0 aliphatic carbocycles. The summed E-state index contributed by atoms with van der Waals surface area (Å²) in [7, 11) is 1.71. The molecule has 0 saturated carbocycles. The third-order valence-corrected chi connectivity index (χ3v) is 3.36. The predicted molar refractivity (Wildman–Crippen MR) is 78.1 cm³/mol. The van der Waals surface area contributed by atoms with Gasteiger partial charge in [0.25, 0.3) is 0 Å². The average molecular weight is 316 g/mol. The fraction of sp³-hybridized carbons (Fsp3) is 0.571. The fourth-order valence-corrected chi connectivity index (χ4v) is 1.89. The van der Waals surface area contributed by atoms with Crippen LogP contribution in [-0.2, 0) is 11.3 Å². The lowest BCUT2D eigenvalue weighted by atomic mass is 10.2. The van der Waals surface area contributed by atoms with E-state index in [1.165, 1.54) is 5.56 Å². The maximum Gasteiger partial charge on any atom is 0.119 e. The summed E-state index contributed by atoms with van der Waals surface area (Å²) in [6.45, 7) is 5.34. The van der Waals surface area contributed by atoms with Gasteiger partial charge in [-0.2, -0.15) is 0 Å². The van der Waals surface area contributed by atoms with Crippen LogP contribution in [0.4, 0.5) is 0 Å². The van der Waals surface area contributed by atoms with Gasteiger partial charge < -0.3 is 14.8 Å². The van der Waals surface area contributed by atoms with Crippen LogP contribution in [0.1, 0.15) is 25.3 Å². The molecule has 0 atom stereocenters. The smallest absolute Gasteiger partial charge is 0.119 e. The van der Waals surface area contributed by atoms with Crippen molar-refractivity contribution in [3.05, 3.63) is 28.2 Å². The molecule has 0 aliphatic rings. The van der Waals surface area contributed by atoms with E-state index < -0.39 is 0 Å². The van der Waals surface area contributed by atoms with Gasteiger partial charge >= 0.3 is 0 Å². The lowest BCUT2D eigenvalue weighted by molar-refractivity contribution is 0.199. The number of nitrogens with one attached hydrogen (secondary N) is 1. The van der Waals surface area contributed by atoms with Gasteiger partial charge in [-0.25, -0.2) is 0 Å². The molecular weight excluding hydrogens is 294 g/mol. The molecular formula is C14H22BrNO2. The Morgan fingerprint density at radius 1 is 1.28 bits per heavy atom. The van der Waals surface area contributed by atoms with Crippen LogP contribution in [-0.4, -0.2) is 26.9 Å². The molecule has 0 amide bonds. The topological polar surface area (TPSA) is 30.5 Å². The Balaban J connectivity index is 2.46. The highest BCUT2D eigenvalue weighted by molar-refractivity contribution is 9.10. The van der Waals surface area contributed by atoms with Gasteiger partial charge in [-0.1, -0.05) is 29.3 Å². The summed E-state index contributed by atoms with van der Waals surface area (Å²) in [5.41, 5.74) is 1.21. The summed E-state index contributed by atoms with van der Waals surface area (Å²) in [6.07, 6.45) is 2.25. The van der Waals surface area contributed by atoms with Gasteiger partial charge in [0.2, 0.25) is 0 Å². The van der Waals surface area contributed by atoms with E-state index >= 15 is 0 Å². The quantitative estimate of drug-likeness (QED) is 0.709. The van der Waals surface area contributed by atoms with Crippen molar-refractivity contribution in [2.24, 2.45) is 0 Å². The number of hydrogen-bond donors (Lipinski definition) is 1. The zero-order chi connectivity index (χ0) is 13.2. The van der Waals surface area contributed by atoms with Crippen molar-refractivity contribution >= 4 is 15.9 Å². The highest BCUT2D eigenvalue weighted by Gasteiger charge is 2.02. The van der Waals surface area contributed by atoms with Gasteiger partial charge in [-0.3, -0.25) is 0 Å². The predicted octanol–water partition coefficient (Wildman–Crippen LogP) is 3.36. The highest BCUT2D eigenvalue weighted by atomic mass is 79.9. The van der Waals surface area contributed by atoms with Crippen molar-refractivity contribution < 1.29 is 9.47 Å². The van der Waals surface area contributed by atoms with Gasteiger partial charge in [-0.05, 0) is 30.2 Å². The van der Waals surface area contributed by atoms with Crippen molar-refractivity contribution in [2.45, 2.75) is 26.3 Å². The van der Waals surface area contributed by atoms with Crippen LogP contribution in [0, 0.1) is 0 Å². The summed E-state index contributed by atoms with van der Waals surface area (Å²) in [4.78, 5) is 0. The first-order valence-corrected chi connectivity index (χ1v) is 7.18. The Morgan fingerprint density at radius 2 is 2.11 bits per heavy atom. The summed E-state index contributed by atoms with van der Waals surface area (Å²) < 4.78 is 11.8. The standard InChI is InChI=1S/C14H22BrNO2/c1-3-4-8-18-13-5-6-14(15)12(10-13)11-16-7-9-17-2/h5-6,10,16H,3-4,7-9,11H2,1-2H3. The van der Waals surface area contributed by atoms with Crippen LogP contribution in [0.25, 0.3) is 0 Å². The molecule has 102 valence electrons. The van der Waals surface area contributed by atoms with Crippen molar-refractivity contribution in [1.29, 1.82) is 0 Å². The average Bonchev–Trinajstić information content (AvgIpc) is 2.38. The van der Waals surface area contributed by atoms with Crippen LogP contribution < -0.4 is 10.1 Å². The highest BCUT2D eigenvalue weighted by Crippen LogP contribution is 2.22. The van der Waals surface area contributed by atoms with Crippen molar-refractivity contribution in [3.63, 3.8) is 0 Å². The Bertz CT molecular complexity index is 345. The van der Waals surface area contributed by atoms with Crippen LogP contribution in [0.3, 0.4) is 0 Å². The van der Waals surface area contributed by atoms with Gasteiger partial charge in [-0.15, -0.1) is 0 Å². The maximum atomic E-state index is 5.70. The minimum absolute atomic E-state index is 0.726. The molecule has 3 nitrogen and oxygen atoms in total. The summed E-state index contributed by atoms with van der Waals surface area (Å²) in [6, 6.07) is 6.12. The largest absolute Gasteiger partial charge is 0.494 e. The minimum Gasteiger partial charge on any atom is -0.494 e. The van der Waals surface area contributed by atoms with E-state index in [0.29, 0.717) is 0 Å². The van der Waals surface area contributed by atoms with Crippen LogP contribution in [0.2, 0.25) is 0 Å². The van der Waals surface area contributed by atoms with E-state index in [4.69, 9.17) is 9.47 Å². The number of ether oxygens (including phenoxy) is 2. The van der Waals surface area contributed by atoms with Gasteiger partial charge in [0.1, 0.15) is 5.75 Å². The molecule has 0 unspecified atom stereocenters. The van der Waals surface area contributed by atoms with E-state index in [2.05, 4.69) is 34.2 Å². The van der Waals surface area contributed by atoms with Gasteiger partial charge in [0, 0.05) is 24.7 Å². The molecule has 0 aliphatic heterocycles. The molecule has 0 aromatic heterocycles. The second-order valence-corrected chi connectivity index (χ2v) is 4.98. The number of methoxy groups -OCH3 is 1. The minimum atomic E-state index is 0.726. The molecule has 1 aromatic carbocycles. The van der Waals surface area contributed by atoms with E-state index in [-0.39, 0.29) is 0 Å². The monoisotopic (exact) mass is 315 g/mol. The third-order valence-electron chi connectivity index (χ3n) is 2.58. The summed E-state index contributed by atoms with van der Waals surface area (Å²) in [5.74, 6) is 0.940. The van der Waals surface area contributed by atoms with Gasteiger partial charge in [0.05, 0.1) is 13.2 Å². The molecule has 0 heterocycles. The first-order valence-electron chi connectivity index (χ1n) is 6.38. The lowest BCUT2D eigenvalue weighted by Gasteiger charge is -2.10. The van der Waals surface area contributed by atoms with E-state index in [9.17, 15) is 0 Å². The van der Waals surface area contributed by atoms with Crippen LogP contribution in [0.15, 0.2) is 22.7 Å². The number of unbranched alkanes of at least 4 members (excludes halogenated alkanes) is 1. The SMILES string of the molecule is CCCCOc1ccc(Br)c(CNCCOC)c1. The van der Waals surface area contributed by atoms with E-state index in [0.717, 1.165) is 49.4 Å². The number of benzene rings is 1. The maximum absolute atomic E-state index is 5.70. The molecule has 1 rings (SSSR count). The molecule has 0 saturated heterocycles. The number of halogens is 1. The first-order chi connectivity index (χ1) is 8.77. The zero-order valence-electron chi connectivity index (χ0n) is 11.2. The zero-order valence-corrected chi connectivity index (χ0v) is 12.8. The molecule has 4 heteroatoms. The first kappa shape index (κ1) is 15.5. The third kappa shape index (κ3) is 5.85. The molecule has 0 spiro atoms. The number of rotatable bonds is 9. The molecule has 1 N–H and O–H groups in total. The molecule has 0 radical (unpaired) electrons. The van der Waals surface area contributed by atoms with E-state index in [1.54, 1.807) is 7.11 Å². The Morgan fingerprint density at radius 3 is 2.83 bits per heavy atom. The molecule has 1 aromatic rings. The lowest BCUT2D eigenvalue weighted by Crippen LogP contribution is -2.18. The van der Waals surface area contributed by atoms with Crippen molar-refractivity contribution in [3.8, 4) is 5.75 Å². The fourth-order valence-electron chi connectivity index (χ4n) is 1.51. The molecule has 0 bridgehead atoms. The Hall–Kier alpha value is -0.580. The molecule has 0 fully saturated rings. The van der Waals surface area contributed by atoms with Crippen molar-refractivity contribution in [2.75, 3.05) is 26.9 Å². The molecule has 18 heavy (non-hydrogen) atoms. The van der Waals surface area contributed by atoms with E-state index in [1.807, 2.05) is 12.1 Å². The van der Waals surface area contributed by atoms with Crippen LogP contribution in [0.5, 0.6) is 5.75 Å². The number of hydrogen-bond acceptors (Lipinski definition) is 3. The Kier molecular flexibility index (Phi) is 8.05. The normalized spacial score (nSPS) is 10.6. The van der Waals surface area contributed by atoms with Gasteiger partial charge in [0.15, 0.2) is 0 Å².